The molecule has 1 aliphatic rings. The number of aromatic nitrogens is 1. The monoisotopic (exact) mass is 226 g/mol. The fraction of sp³-hybridized carbons (Fsp3) is 0.727. The minimum Gasteiger partial charge on any atom is -0.377 e. The lowest BCUT2D eigenvalue weighted by Crippen LogP contribution is -2.39. The number of hydrogen-bond acceptors (Lipinski definition) is 4. The Morgan fingerprint density at radius 2 is 2.60 bits per heavy atom. The molecular weight excluding hydrogens is 208 g/mol. The number of hydrogen-bond donors (Lipinski definition) is 1. The molecule has 0 saturated carbocycles. The van der Waals surface area contributed by atoms with E-state index in [1.807, 2.05) is 14.0 Å². The van der Waals surface area contributed by atoms with Gasteiger partial charge < -0.3 is 10.1 Å². The highest BCUT2D eigenvalue weighted by Crippen LogP contribution is 2.19. The van der Waals surface area contributed by atoms with Gasteiger partial charge in [0, 0.05) is 30.1 Å². The molecule has 4 heteroatoms. The lowest BCUT2D eigenvalue weighted by Gasteiger charge is -2.21. The summed E-state index contributed by atoms with van der Waals surface area (Å²) in [7, 11) is 2.01. The van der Waals surface area contributed by atoms with Gasteiger partial charge in [-0.3, -0.25) is 0 Å². The lowest BCUT2D eigenvalue weighted by molar-refractivity contribution is 0.0808. The molecule has 1 aromatic rings. The minimum absolute atomic E-state index is 0.374. The van der Waals surface area contributed by atoms with Crippen molar-refractivity contribution in [1.29, 1.82) is 0 Å². The molecule has 2 heterocycles. The van der Waals surface area contributed by atoms with Crippen LogP contribution in [0.2, 0.25) is 0 Å². The summed E-state index contributed by atoms with van der Waals surface area (Å²) in [5.41, 5.74) is 1.12. The van der Waals surface area contributed by atoms with Crippen LogP contribution < -0.4 is 5.32 Å². The van der Waals surface area contributed by atoms with E-state index in [0.717, 1.165) is 18.7 Å². The molecule has 15 heavy (non-hydrogen) atoms. The molecule has 3 nitrogen and oxygen atoms in total. The standard InChI is InChI=1S/C11H18N2OS/c1-8-7-15-11(13-8)6-9(12-2)10-4-3-5-14-10/h7,9-10,12H,3-6H2,1-2H3. The zero-order valence-electron chi connectivity index (χ0n) is 9.32. The molecule has 2 rings (SSSR count). The van der Waals surface area contributed by atoms with Gasteiger partial charge in [-0.25, -0.2) is 4.98 Å². The van der Waals surface area contributed by atoms with Gasteiger partial charge in [0.2, 0.25) is 0 Å². The predicted molar refractivity (Wildman–Crippen MR) is 62.4 cm³/mol. The van der Waals surface area contributed by atoms with Crippen LogP contribution >= 0.6 is 11.3 Å². The molecule has 1 aromatic heterocycles. The second-order valence-corrected chi connectivity index (χ2v) is 4.98. The van der Waals surface area contributed by atoms with Gasteiger partial charge in [0.25, 0.3) is 0 Å². The van der Waals surface area contributed by atoms with E-state index in [2.05, 4.69) is 15.7 Å². The van der Waals surface area contributed by atoms with E-state index < -0.39 is 0 Å². The van der Waals surface area contributed by atoms with Gasteiger partial charge in [-0.15, -0.1) is 11.3 Å². The zero-order valence-corrected chi connectivity index (χ0v) is 10.1. The van der Waals surface area contributed by atoms with E-state index in [1.54, 1.807) is 11.3 Å². The van der Waals surface area contributed by atoms with Gasteiger partial charge in [-0.2, -0.15) is 0 Å². The topological polar surface area (TPSA) is 34.2 Å². The van der Waals surface area contributed by atoms with E-state index >= 15 is 0 Å². The van der Waals surface area contributed by atoms with Crippen molar-refractivity contribution in [1.82, 2.24) is 10.3 Å². The lowest BCUT2D eigenvalue weighted by atomic mass is 10.1. The van der Waals surface area contributed by atoms with Gasteiger partial charge in [-0.05, 0) is 26.8 Å². The first-order valence-electron chi connectivity index (χ1n) is 5.49. The molecule has 0 aromatic carbocycles. The average Bonchev–Trinajstić information content (AvgIpc) is 2.85. The Balaban J connectivity index is 1.95. The molecule has 0 radical (unpaired) electrons. The molecule has 2 unspecified atom stereocenters. The Kier molecular flexibility index (Phi) is 3.72. The van der Waals surface area contributed by atoms with Crippen molar-refractivity contribution < 1.29 is 4.74 Å². The Morgan fingerprint density at radius 1 is 1.73 bits per heavy atom. The first-order chi connectivity index (χ1) is 7.29. The number of aryl methyl sites for hydroxylation is 1. The fourth-order valence-electron chi connectivity index (χ4n) is 2.02. The number of thiazole rings is 1. The van der Waals surface area contributed by atoms with Gasteiger partial charge in [-0.1, -0.05) is 0 Å². The maximum Gasteiger partial charge on any atom is 0.0944 e. The van der Waals surface area contributed by atoms with E-state index in [1.165, 1.54) is 17.8 Å². The summed E-state index contributed by atoms with van der Waals surface area (Å²) in [6.45, 7) is 2.96. The molecule has 1 N–H and O–H groups in total. The van der Waals surface area contributed by atoms with Crippen LogP contribution in [0.3, 0.4) is 0 Å². The normalized spacial score (nSPS) is 23.2. The van der Waals surface area contributed by atoms with Crippen LogP contribution in [0.4, 0.5) is 0 Å². The molecule has 2 atom stereocenters. The van der Waals surface area contributed by atoms with Crippen LogP contribution in [0.1, 0.15) is 23.5 Å². The van der Waals surface area contributed by atoms with Gasteiger partial charge in [0.1, 0.15) is 0 Å². The van der Waals surface area contributed by atoms with Crippen molar-refractivity contribution >= 4 is 11.3 Å². The molecule has 84 valence electrons. The van der Waals surface area contributed by atoms with Crippen molar-refractivity contribution in [3.63, 3.8) is 0 Å². The largest absolute Gasteiger partial charge is 0.377 e. The highest BCUT2D eigenvalue weighted by Gasteiger charge is 2.25. The smallest absolute Gasteiger partial charge is 0.0944 e. The number of ether oxygens (including phenoxy) is 1. The summed E-state index contributed by atoms with van der Waals surface area (Å²) in [6, 6.07) is 0.415. The predicted octanol–water partition coefficient (Wildman–Crippen LogP) is 1.76. The van der Waals surface area contributed by atoms with Gasteiger partial charge >= 0.3 is 0 Å². The van der Waals surface area contributed by atoms with Crippen LogP contribution in [-0.4, -0.2) is 30.8 Å². The number of rotatable bonds is 4. The van der Waals surface area contributed by atoms with Crippen LogP contribution in [0.15, 0.2) is 5.38 Å². The third-order valence-corrected chi connectivity index (χ3v) is 3.83. The summed E-state index contributed by atoms with van der Waals surface area (Å²) in [5, 5.41) is 6.66. The third-order valence-electron chi connectivity index (χ3n) is 2.85. The van der Waals surface area contributed by atoms with Crippen molar-refractivity contribution in [2.24, 2.45) is 0 Å². The number of nitrogens with zero attached hydrogens (tertiary/aromatic N) is 1. The summed E-state index contributed by atoms with van der Waals surface area (Å²) in [5.74, 6) is 0. The summed E-state index contributed by atoms with van der Waals surface area (Å²) in [4.78, 5) is 4.49. The van der Waals surface area contributed by atoms with Crippen LogP contribution in [0.5, 0.6) is 0 Å². The summed E-state index contributed by atoms with van der Waals surface area (Å²) < 4.78 is 5.70. The van der Waals surface area contributed by atoms with E-state index in [-0.39, 0.29) is 0 Å². The third kappa shape index (κ3) is 2.77. The van der Waals surface area contributed by atoms with Crippen molar-refractivity contribution in [2.75, 3.05) is 13.7 Å². The van der Waals surface area contributed by atoms with Crippen LogP contribution in [-0.2, 0) is 11.2 Å². The first-order valence-corrected chi connectivity index (χ1v) is 6.37. The van der Waals surface area contributed by atoms with E-state index in [9.17, 15) is 0 Å². The molecule has 1 saturated heterocycles. The average molecular weight is 226 g/mol. The second kappa shape index (κ2) is 5.05. The molecule has 0 bridgehead atoms. The molecule has 0 aliphatic carbocycles. The maximum atomic E-state index is 5.70. The maximum absolute atomic E-state index is 5.70. The highest BCUT2D eigenvalue weighted by atomic mass is 32.1. The SMILES string of the molecule is CNC(Cc1nc(C)cs1)C1CCCO1. The number of nitrogens with one attached hydrogen (secondary N) is 1. The second-order valence-electron chi connectivity index (χ2n) is 4.03. The first kappa shape index (κ1) is 11.0. The van der Waals surface area contributed by atoms with Crippen LogP contribution in [0, 0.1) is 6.92 Å². The van der Waals surface area contributed by atoms with Crippen molar-refractivity contribution in [3.8, 4) is 0 Å². The summed E-state index contributed by atoms with van der Waals surface area (Å²) in [6.07, 6.45) is 3.73. The van der Waals surface area contributed by atoms with E-state index in [0.29, 0.717) is 12.1 Å². The van der Waals surface area contributed by atoms with Crippen molar-refractivity contribution in [2.45, 2.75) is 38.3 Å². The highest BCUT2D eigenvalue weighted by molar-refractivity contribution is 7.09. The van der Waals surface area contributed by atoms with Gasteiger partial charge in [0.15, 0.2) is 0 Å². The fourth-order valence-corrected chi connectivity index (χ4v) is 2.86. The molecule has 1 aliphatic heterocycles. The molecular formula is C11H18N2OS. The Hall–Kier alpha value is -0.450. The Bertz CT molecular complexity index is 307. The zero-order chi connectivity index (χ0) is 10.7. The van der Waals surface area contributed by atoms with E-state index in [4.69, 9.17) is 4.74 Å². The molecule has 0 amide bonds. The summed E-state index contributed by atoms with van der Waals surface area (Å²) >= 11 is 1.75. The Morgan fingerprint density at radius 3 is 3.13 bits per heavy atom. The number of likely N-dealkylation sites (N-methyl/N-ethyl adjacent to an activating group) is 1. The molecule has 1 fully saturated rings. The van der Waals surface area contributed by atoms with Crippen LogP contribution in [0.25, 0.3) is 0 Å². The Labute approximate surface area is 94.9 Å². The quantitative estimate of drug-likeness (QED) is 0.849. The minimum atomic E-state index is 0.374. The van der Waals surface area contributed by atoms with Gasteiger partial charge in [0.05, 0.1) is 11.1 Å². The van der Waals surface area contributed by atoms with Crippen molar-refractivity contribution in [3.05, 3.63) is 16.1 Å². The molecule has 0 spiro atoms.